The van der Waals surface area contributed by atoms with E-state index in [-0.39, 0.29) is 5.82 Å². The lowest BCUT2D eigenvalue weighted by Gasteiger charge is -2.10. The topological polar surface area (TPSA) is 30.8 Å². The minimum atomic E-state index is -0.321. The Bertz CT molecular complexity index is 888. The van der Waals surface area contributed by atoms with Gasteiger partial charge in [0.15, 0.2) is 0 Å². The van der Waals surface area contributed by atoms with E-state index in [2.05, 4.69) is 4.99 Å². The maximum absolute atomic E-state index is 13.1. The zero-order valence-electron chi connectivity index (χ0n) is 14.3. The fourth-order valence-corrected chi connectivity index (χ4v) is 2.13. The number of nitrogens with zero attached hydrogens (tertiary/aromatic N) is 1. The second-order valence-corrected chi connectivity index (χ2v) is 5.54. The van der Waals surface area contributed by atoms with Crippen LogP contribution in [0.25, 0.3) is 0 Å². The van der Waals surface area contributed by atoms with Gasteiger partial charge in [-0.05, 0) is 55.5 Å². The quantitative estimate of drug-likeness (QED) is 0.326. The van der Waals surface area contributed by atoms with E-state index >= 15 is 0 Å². The standard InChI is InChI=1S/C22H18FNO2/c1-17(16-25-20-10-6-3-7-11-20)22(24-19-8-4-2-5-9-19)26-21-14-12-18(23)13-15-21/h2-16H,1H3/b17-16+,24-22?. The van der Waals surface area contributed by atoms with Gasteiger partial charge in [-0.3, -0.25) is 0 Å². The van der Waals surface area contributed by atoms with Crippen molar-refractivity contribution < 1.29 is 13.9 Å². The van der Waals surface area contributed by atoms with Gasteiger partial charge in [-0.15, -0.1) is 0 Å². The highest BCUT2D eigenvalue weighted by atomic mass is 19.1. The third-order valence-corrected chi connectivity index (χ3v) is 3.47. The van der Waals surface area contributed by atoms with Gasteiger partial charge in [-0.2, -0.15) is 0 Å². The molecule has 0 aromatic heterocycles. The Morgan fingerprint density at radius 1 is 0.808 bits per heavy atom. The number of ether oxygens (including phenoxy) is 2. The first-order chi connectivity index (χ1) is 12.7. The SMILES string of the molecule is C/C(=C\Oc1ccccc1)C(=Nc1ccccc1)Oc1ccc(F)cc1. The first-order valence-corrected chi connectivity index (χ1v) is 8.17. The number of halogens is 1. The van der Waals surface area contributed by atoms with Crippen LogP contribution in [0.15, 0.2) is 102 Å². The van der Waals surface area contributed by atoms with Crippen LogP contribution >= 0.6 is 0 Å². The molecule has 0 bridgehead atoms. The minimum absolute atomic E-state index is 0.321. The van der Waals surface area contributed by atoms with E-state index in [1.54, 1.807) is 18.4 Å². The van der Waals surface area contributed by atoms with E-state index < -0.39 is 0 Å². The molecular formula is C22H18FNO2. The molecular weight excluding hydrogens is 329 g/mol. The molecule has 3 aromatic carbocycles. The van der Waals surface area contributed by atoms with Crippen molar-refractivity contribution in [3.05, 3.63) is 103 Å². The van der Waals surface area contributed by atoms with Gasteiger partial charge in [0.1, 0.15) is 17.3 Å². The zero-order valence-corrected chi connectivity index (χ0v) is 14.3. The predicted molar refractivity (Wildman–Crippen MR) is 101 cm³/mol. The van der Waals surface area contributed by atoms with Gasteiger partial charge >= 0.3 is 0 Å². The van der Waals surface area contributed by atoms with Crippen LogP contribution in [0.5, 0.6) is 11.5 Å². The van der Waals surface area contributed by atoms with E-state index in [1.807, 2.05) is 67.6 Å². The summed E-state index contributed by atoms with van der Waals surface area (Å²) in [5, 5.41) is 0. The van der Waals surface area contributed by atoms with Crippen molar-refractivity contribution in [1.29, 1.82) is 0 Å². The van der Waals surface area contributed by atoms with Crippen LogP contribution in [0.2, 0.25) is 0 Å². The monoisotopic (exact) mass is 347 g/mol. The molecule has 0 heterocycles. The molecule has 130 valence electrons. The molecule has 0 saturated heterocycles. The molecule has 0 spiro atoms. The molecule has 0 aliphatic rings. The Morgan fingerprint density at radius 2 is 1.42 bits per heavy atom. The summed E-state index contributed by atoms with van der Waals surface area (Å²) in [5.74, 6) is 1.26. The summed E-state index contributed by atoms with van der Waals surface area (Å²) in [4.78, 5) is 4.54. The van der Waals surface area contributed by atoms with Crippen LogP contribution in [0, 0.1) is 5.82 Å². The second kappa shape index (κ2) is 8.62. The molecule has 3 nitrogen and oxygen atoms in total. The molecule has 0 amide bonds. The van der Waals surface area contributed by atoms with Crippen molar-refractivity contribution in [3.63, 3.8) is 0 Å². The summed E-state index contributed by atoms with van der Waals surface area (Å²) in [6, 6.07) is 24.7. The fraction of sp³-hybridized carbons (Fsp3) is 0.0455. The van der Waals surface area contributed by atoms with Crippen molar-refractivity contribution >= 4 is 11.6 Å². The van der Waals surface area contributed by atoms with E-state index in [4.69, 9.17) is 9.47 Å². The highest BCUT2D eigenvalue weighted by Gasteiger charge is 2.08. The van der Waals surface area contributed by atoms with Crippen LogP contribution in [0.3, 0.4) is 0 Å². The Kier molecular flexibility index (Phi) is 5.78. The molecule has 4 heteroatoms. The van der Waals surface area contributed by atoms with Crippen LogP contribution < -0.4 is 9.47 Å². The van der Waals surface area contributed by atoms with Gasteiger partial charge in [0.05, 0.1) is 11.9 Å². The lowest BCUT2D eigenvalue weighted by atomic mass is 10.3. The summed E-state index contributed by atoms with van der Waals surface area (Å²) in [5.41, 5.74) is 1.44. The molecule has 26 heavy (non-hydrogen) atoms. The molecule has 3 rings (SSSR count). The number of aliphatic imine (C=N–C) groups is 1. The molecule has 0 atom stereocenters. The van der Waals surface area contributed by atoms with Crippen molar-refractivity contribution in [2.24, 2.45) is 4.99 Å². The molecule has 0 radical (unpaired) electrons. The first-order valence-electron chi connectivity index (χ1n) is 8.17. The number of benzene rings is 3. The number of rotatable bonds is 5. The lowest BCUT2D eigenvalue weighted by molar-refractivity contribution is 0.473. The fourth-order valence-electron chi connectivity index (χ4n) is 2.13. The first kappa shape index (κ1) is 17.4. The number of hydrogen-bond acceptors (Lipinski definition) is 3. The maximum atomic E-state index is 13.1. The van der Waals surface area contributed by atoms with E-state index in [0.29, 0.717) is 23.0 Å². The summed E-state index contributed by atoms with van der Waals surface area (Å²) in [6.07, 6.45) is 1.58. The third kappa shape index (κ3) is 5.05. The summed E-state index contributed by atoms with van der Waals surface area (Å²) < 4.78 is 24.6. The largest absolute Gasteiger partial charge is 0.465 e. The molecule has 0 fully saturated rings. The predicted octanol–water partition coefficient (Wildman–Crippen LogP) is 5.92. The smallest absolute Gasteiger partial charge is 0.225 e. The van der Waals surface area contributed by atoms with Crippen molar-refractivity contribution in [2.45, 2.75) is 6.92 Å². The molecule has 0 aliphatic heterocycles. The average Bonchev–Trinajstić information content (AvgIpc) is 2.69. The summed E-state index contributed by atoms with van der Waals surface area (Å²) in [6.45, 7) is 1.84. The number of para-hydroxylation sites is 2. The van der Waals surface area contributed by atoms with E-state index in [1.165, 1.54) is 12.1 Å². The zero-order chi connectivity index (χ0) is 18.2. The molecule has 3 aromatic rings. The van der Waals surface area contributed by atoms with Crippen LogP contribution in [-0.2, 0) is 0 Å². The maximum Gasteiger partial charge on any atom is 0.225 e. The van der Waals surface area contributed by atoms with Gasteiger partial charge in [-0.25, -0.2) is 9.38 Å². The second-order valence-electron chi connectivity index (χ2n) is 5.54. The number of hydrogen-bond donors (Lipinski definition) is 0. The highest BCUT2D eigenvalue weighted by Crippen LogP contribution is 2.18. The molecule has 0 aliphatic carbocycles. The molecule has 0 saturated carbocycles. The Balaban J connectivity index is 1.86. The molecule has 0 unspecified atom stereocenters. The van der Waals surface area contributed by atoms with Crippen molar-refractivity contribution in [1.82, 2.24) is 0 Å². The Hall–Kier alpha value is -3.40. The van der Waals surface area contributed by atoms with Crippen LogP contribution in [0.1, 0.15) is 6.92 Å². The van der Waals surface area contributed by atoms with Crippen LogP contribution in [0.4, 0.5) is 10.1 Å². The minimum Gasteiger partial charge on any atom is -0.465 e. The van der Waals surface area contributed by atoms with Gasteiger partial charge in [0.2, 0.25) is 5.90 Å². The average molecular weight is 347 g/mol. The van der Waals surface area contributed by atoms with Crippen molar-refractivity contribution in [3.8, 4) is 11.5 Å². The van der Waals surface area contributed by atoms with Gasteiger partial charge in [-0.1, -0.05) is 36.4 Å². The Labute approximate surface area is 152 Å². The lowest BCUT2D eigenvalue weighted by Crippen LogP contribution is -2.11. The normalized spacial score (nSPS) is 11.9. The highest BCUT2D eigenvalue weighted by molar-refractivity contribution is 5.96. The van der Waals surface area contributed by atoms with Crippen LogP contribution in [-0.4, -0.2) is 5.90 Å². The van der Waals surface area contributed by atoms with Gasteiger partial charge < -0.3 is 9.47 Å². The Morgan fingerprint density at radius 3 is 2.08 bits per heavy atom. The third-order valence-electron chi connectivity index (χ3n) is 3.47. The van der Waals surface area contributed by atoms with Gasteiger partial charge in [0.25, 0.3) is 0 Å². The molecule has 0 N–H and O–H groups in total. The van der Waals surface area contributed by atoms with E-state index in [0.717, 1.165) is 5.69 Å². The van der Waals surface area contributed by atoms with Gasteiger partial charge in [0, 0.05) is 5.57 Å². The van der Waals surface area contributed by atoms with Crippen molar-refractivity contribution in [2.75, 3.05) is 0 Å². The van der Waals surface area contributed by atoms with E-state index in [9.17, 15) is 4.39 Å². The summed E-state index contributed by atoms with van der Waals surface area (Å²) in [7, 11) is 0. The summed E-state index contributed by atoms with van der Waals surface area (Å²) >= 11 is 0.